The molecule has 2 atom stereocenters. The lowest BCUT2D eigenvalue weighted by atomic mass is 9.87. The third kappa shape index (κ3) is 8.10. The number of carbonyl (C=O) groups excluding carboxylic acids is 2. The Kier molecular flexibility index (Phi) is 9.71. The molecule has 1 fully saturated rings. The van der Waals surface area contributed by atoms with Crippen molar-refractivity contribution in [1.82, 2.24) is 5.32 Å². The maximum atomic E-state index is 15.0. The van der Waals surface area contributed by atoms with Gasteiger partial charge in [0.15, 0.2) is 5.78 Å². The van der Waals surface area contributed by atoms with Crippen LogP contribution in [0.15, 0.2) is 36.4 Å². The molecule has 0 spiro atoms. The van der Waals surface area contributed by atoms with Crippen LogP contribution in [0.2, 0.25) is 15.1 Å². The fourth-order valence-electron chi connectivity index (χ4n) is 4.13. The van der Waals surface area contributed by atoms with Gasteiger partial charge in [0.05, 0.1) is 20.6 Å². The van der Waals surface area contributed by atoms with Crippen LogP contribution in [-0.4, -0.2) is 29.8 Å². The maximum absolute atomic E-state index is 15.0. The largest absolute Gasteiger partial charge is 0.417 e. The van der Waals surface area contributed by atoms with E-state index in [1.54, 1.807) is 0 Å². The molecule has 2 aromatic carbocycles. The van der Waals surface area contributed by atoms with Crippen molar-refractivity contribution in [3.8, 4) is 0 Å². The first kappa shape index (κ1) is 33.1. The van der Waals surface area contributed by atoms with Crippen molar-refractivity contribution < 1.29 is 49.1 Å². The predicted molar refractivity (Wildman–Crippen MR) is 135 cm³/mol. The molecule has 0 saturated heterocycles. The normalized spacial score (nSPS) is 17.5. The van der Waals surface area contributed by atoms with Crippen molar-refractivity contribution in [1.29, 1.82) is 0 Å². The number of alkyl halides is 8. The third-order valence-corrected chi connectivity index (χ3v) is 7.50. The van der Waals surface area contributed by atoms with Crippen LogP contribution in [0.4, 0.5) is 39.5 Å². The van der Waals surface area contributed by atoms with Crippen molar-refractivity contribution in [3.05, 3.63) is 73.7 Å². The molecule has 15 heteroatoms. The summed E-state index contributed by atoms with van der Waals surface area (Å²) in [6.07, 6.45) is -12.3. The summed E-state index contributed by atoms with van der Waals surface area (Å²) in [6, 6.07) is 2.18. The SMILES string of the molecule is C[C@@H](CC(=O)c1ccc(/C(F)=C/C(c2cc(Cl)c(Cl)c(Cl)c2)C(F)(F)F)cc1C(F)(F)F)C(=O)NC1CC(F)(F)C1. The minimum Gasteiger partial charge on any atom is -0.353 e. The zero-order chi connectivity index (χ0) is 31.1. The first-order valence-electron chi connectivity index (χ1n) is 11.7. The van der Waals surface area contributed by atoms with E-state index in [-0.39, 0.29) is 27.2 Å². The second kappa shape index (κ2) is 12.0. The van der Waals surface area contributed by atoms with Gasteiger partial charge in [-0.05, 0) is 29.8 Å². The minimum atomic E-state index is -5.23. The molecule has 1 saturated carbocycles. The summed E-state index contributed by atoms with van der Waals surface area (Å²) in [7, 11) is 0. The van der Waals surface area contributed by atoms with Gasteiger partial charge >= 0.3 is 12.4 Å². The van der Waals surface area contributed by atoms with Crippen LogP contribution < -0.4 is 5.32 Å². The number of hydrogen-bond acceptors (Lipinski definition) is 2. The number of halogens is 12. The van der Waals surface area contributed by atoms with Gasteiger partial charge in [0.1, 0.15) is 11.7 Å². The topological polar surface area (TPSA) is 46.2 Å². The number of carbonyl (C=O) groups is 2. The van der Waals surface area contributed by atoms with E-state index in [4.69, 9.17) is 34.8 Å². The number of hydrogen-bond donors (Lipinski definition) is 1. The zero-order valence-corrected chi connectivity index (χ0v) is 22.9. The van der Waals surface area contributed by atoms with Crippen LogP contribution >= 0.6 is 34.8 Å². The molecule has 2 aromatic rings. The molecule has 0 aromatic heterocycles. The van der Waals surface area contributed by atoms with Crippen LogP contribution in [0.1, 0.15) is 59.2 Å². The molecular formula is C26H19Cl3F9NO2. The summed E-state index contributed by atoms with van der Waals surface area (Å²) >= 11 is 17.3. The van der Waals surface area contributed by atoms with E-state index in [1.807, 2.05) is 0 Å². The number of Topliss-reactive ketones (excluding diaryl/α,β-unsaturated/α-hetero) is 1. The highest BCUT2D eigenvalue weighted by Crippen LogP contribution is 2.43. The summed E-state index contributed by atoms with van der Waals surface area (Å²) in [5, 5.41) is 1.29. The monoisotopic (exact) mass is 653 g/mol. The quantitative estimate of drug-likeness (QED) is 0.175. The highest BCUT2D eigenvalue weighted by molar-refractivity contribution is 6.48. The smallest absolute Gasteiger partial charge is 0.353 e. The second-order valence-corrected chi connectivity index (χ2v) is 10.8. The van der Waals surface area contributed by atoms with Crippen molar-refractivity contribution >= 4 is 52.3 Å². The molecule has 3 nitrogen and oxygen atoms in total. The fourth-order valence-corrected chi connectivity index (χ4v) is 4.75. The van der Waals surface area contributed by atoms with Gasteiger partial charge in [-0.1, -0.05) is 53.9 Å². The molecular weight excluding hydrogens is 636 g/mol. The molecule has 41 heavy (non-hydrogen) atoms. The fraction of sp³-hybridized carbons (Fsp3) is 0.385. The van der Waals surface area contributed by atoms with Gasteiger partial charge in [0.2, 0.25) is 5.91 Å². The predicted octanol–water partition coefficient (Wildman–Crippen LogP) is 9.44. The van der Waals surface area contributed by atoms with E-state index >= 15 is 4.39 Å². The van der Waals surface area contributed by atoms with E-state index in [0.29, 0.717) is 12.1 Å². The first-order valence-corrected chi connectivity index (χ1v) is 12.8. The average molecular weight is 655 g/mol. The standard InChI is InChI=1S/C26H19Cl3F9NO2/c1-11(23(41)39-14-9-24(31,32)10-14)4-21(40)15-3-2-12(5-17(15)26(36,37)38)20(30)8-16(25(33,34)35)13-6-18(27)22(29)19(28)7-13/h2-3,5-8,11,14,16H,4,9-10H2,1H3,(H,39,41)/b20-8-/t11-,16?/m0/s1. The molecule has 1 N–H and O–H groups in total. The van der Waals surface area contributed by atoms with E-state index < -0.39 is 95.2 Å². The van der Waals surface area contributed by atoms with Gasteiger partial charge in [-0.25, -0.2) is 13.2 Å². The molecule has 0 heterocycles. The highest BCUT2D eigenvalue weighted by Gasteiger charge is 2.46. The van der Waals surface area contributed by atoms with Gasteiger partial charge in [-0.3, -0.25) is 9.59 Å². The van der Waals surface area contributed by atoms with Gasteiger partial charge in [-0.15, -0.1) is 0 Å². The lowest BCUT2D eigenvalue weighted by Crippen LogP contribution is -2.51. The van der Waals surface area contributed by atoms with E-state index in [2.05, 4.69) is 5.32 Å². The van der Waals surface area contributed by atoms with Crippen molar-refractivity contribution in [3.63, 3.8) is 0 Å². The number of ketones is 1. The first-order chi connectivity index (χ1) is 18.7. The molecule has 0 aliphatic heterocycles. The Morgan fingerprint density at radius 3 is 2.07 bits per heavy atom. The molecule has 224 valence electrons. The van der Waals surface area contributed by atoms with Crippen molar-refractivity contribution in [2.45, 2.75) is 56.4 Å². The Bertz CT molecular complexity index is 1340. The van der Waals surface area contributed by atoms with Gasteiger partial charge in [0, 0.05) is 42.3 Å². The Morgan fingerprint density at radius 2 is 1.59 bits per heavy atom. The number of allylic oxidation sites excluding steroid dienone is 1. The van der Waals surface area contributed by atoms with Crippen molar-refractivity contribution in [2.75, 3.05) is 0 Å². The summed E-state index contributed by atoms with van der Waals surface area (Å²) < 4.78 is 124. The number of amides is 1. The Labute approximate surface area is 242 Å². The summed E-state index contributed by atoms with van der Waals surface area (Å²) in [5.74, 6) is -10.5. The molecule has 1 aliphatic carbocycles. The van der Waals surface area contributed by atoms with E-state index in [1.165, 1.54) is 6.92 Å². The zero-order valence-electron chi connectivity index (χ0n) is 20.7. The molecule has 1 unspecified atom stereocenters. The molecule has 1 aliphatic rings. The highest BCUT2D eigenvalue weighted by atomic mass is 35.5. The van der Waals surface area contributed by atoms with Crippen LogP contribution in [0, 0.1) is 5.92 Å². The molecule has 1 amide bonds. The number of benzene rings is 2. The number of nitrogens with one attached hydrogen (secondary N) is 1. The van der Waals surface area contributed by atoms with Crippen LogP contribution in [-0.2, 0) is 11.0 Å². The van der Waals surface area contributed by atoms with E-state index in [9.17, 15) is 44.7 Å². The average Bonchev–Trinajstić information content (AvgIpc) is 2.82. The lowest BCUT2D eigenvalue weighted by Gasteiger charge is -2.35. The molecule has 0 bridgehead atoms. The minimum absolute atomic E-state index is 0.0310. The lowest BCUT2D eigenvalue weighted by molar-refractivity contribution is -0.140. The third-order valence-electron chi connectivity index (χ3n) is 6.31. The number of rotatable bonds is 8. The Hall–Kier alpha value is -2.44. The van der Waals surface area contributed by atoms with Crippen molar-refractivity contribution in [2.24, 2.45) is 5.92 Å². The molecule has 3 rings (SSSR count). The maximum Gasteiger partial charge on any atom is 0.417 e. The summed E-state index contributed by atoms with van der Waals surface area (Å²) in [4.78, 5) is 24.9. The Balaban J connectivity index is 1.89. The molecule has 0 radical (unpaired) electrons. The van der Waals surface area contributed by atoms with Crippen LogP contribution in [0.25, 0.3) is 5.83 Å². The van der Waals surface area contributed by atoms with Gasteiger partial charge < -0.3 is 5.32 Å². The van der Waals surface area contributed by atoms with Gasteiger partial charge in [0.25, 0.3) is 5.92 Å². The van der Waals surface area contributed by atoms with Gasteiger partial charge in [-0.2, -0.15) is 26.3 Å². The summed E-state index contributed by atoms with van der Waals surface area (Å²) in [5.41, 5.74) is -4.14. The summed E-state index contributed by atoms with van der Waals surface area (Å²) in [6.45, 7) is 1.21. The van der Waals surface area contributed by atoms with Crippen LogP contribution in [0.5, 0.6) is 0 Å². The van der Waals surface area contributed by atoms with E-state index in [0.717, 1.165) is 12.1 Å². The second-order valence-electron chi connectivity index (χ2n) is 9.59. The Morgan fingerprint density at radius 1 is 1.02 bits per heavy atom. The van der Waals surface area contributed by atoms with Crippen LogP contribution in [0.3, 0.4) is 0 Å².